The summed E-state index contributed by atoms with van der Waals surface area (Å²) >= 11 is 0. The third-order valence-electron chi connectivity index (χ3n) is 4.40. The van der Waals surface area contributed by atoms with Gasteiger partial charge in [-0.15, -0.1) is 0 Å². The molecular weight excluding hydrogens is 372 g/mol. The first-order chi connectivity index (χ1) is 14.0. The van der Waals surface area contributed by atoms with Crippen LogP contribution in [0.3, 0.4) is 0 Å². The molecule has 0 unspecified atom stereocenters. The smallest absolute Gasteiger partial charge is 0.253 e. The minimum absolute atomic E-state index is 0.0169. The van der Waals surface area contributed by atoms with E-state index in [9.17, 15) is 19.8 Å². The van der Waals surface area contributed by atoms with E-state index in [4.69, 9.17) is 0 Å². The second kappa shape index (κ2) is 7.43. The highest BCUT2D eigenvalue weighted by Gasteiger charge is 2.21. The van der Waals surface area contributed by atoms with Crippen LogP contribution in [0.1, 0.15) is 5.56 Å². The third-order valence-corrected chi connectivity index (χ3v) is 4.40. The monoisotopic (exact) mass is 388 g/mol. The Morgan fingerprint density at radius 2 is 1.76 bits per heavy atom. The molecule has 8 nitrogen and oxygen atoms in total. The van der Waals surface area contributed by atoms with Gasteiger partial charge in [-0.2, -0.15) is 0 Å². The second-order valence-electron chi connectivity index (χ2n) is 6.38. The highest BCUT2D eigenvalue weighted by molar-refractivity contribution is 5.81. The fraction of sp³-hybridized carbons (Fsp3) is 0.0476. The number of rotatable bonds is 6. The van der Waals surface area contributed by atoms with Gasteiger partial charge in [0.05, 0.1) is 11.9 Å². The van der Waals surface area contributed by atoms with Crippen molar-refractivity contribution < 1.29 is 10.2 Å². The Bertz CT molecular complexity index is 1250. The van der Waals surface area contributed by atoms with E-state index in [2.05, 4.69) is 20.6 Å². The molecular formula is C21H16N4O4. The van der Waals surface area contributed by atoms with Gasteiger partial charge in [0.15, 0.2) is 0 Å². The van der Waals surface area contributed by atoms with E-state index in [0.717, 1.165) is 5.56 Å². The number of hydrogen-bond acceptors (Lipinski definition) is 8. The first kappa shape index (κ1) is 18.2. The van der Waals surface area contributed by atoms with E-state index in [1.165, 1.54) is 24.7 Å². The van der Waals surface area contributed by atoms with Crippen LogP contribution in [0.5, 0.6) is 11.5 Å². The van der Waals surface area contributed by atoms with E-state index in [0.29, 0.717) is 16.9 Å². The van der Waals surface area contributed by atoms with E-state index in [-0.39, 0.29) is 29.4 Å². The van der Waals surface area contributed by atoms with Crippen LogP contribution < -0.4 is 21.5 Å². The Labute approximate surface area is 164 Å². The molecule has 144 valence electrons. The minimum Gasteiger partial charge on any atom is -0.508 e. The fourth-order valence-electron chi connectivity index (χ4n) is 2.94. The molecule has 0 aliphatic rings. The predicted molar refractivity (Wildman–Crippen MR) is 109 cm³/mol. The number of nitrogens with zero attached hydrogens (tertiary/aromatic N) is 2. The van der Waals surface area contributed by atoms with Crippen LogP contribution in [-0.4, -0.2) is 20.2 Å². The molecule has 0 saturated heterocycles. The highest BCUT2D eigenvalue weighted by Crippen LogP contribution is 2.31. The molecule has 8 heteroatoms. The van der Waals surface area contributed by atoms with Crippen molar-refractivity contribution in [3.63, 3.8) is 0 Å². The van der Waals surface area contributed by atoms with E-state index >= 15 is 0 Å². The topological polar surface area (TPSA) is 124 Å². The predicted octanol–water partition coefficient (Wildman–Crippen LogP) is 2.51. The van der Waals surface area contributed by atoms with Gasteiger partial charge in [0, 0.05) is 30.2 Å². The van der Waals surface area contributed by atoms with Gasteiger partial charge < -0.3 is 20.8 Å². The molecule has 1 aromatic heterocycles. The van der Waals surface area contributed by atoms with Gasteiger partial charge in [0.25, 0.3) is 10.9 Å². The van der Waals surface area contributed by atoms with Crippen molar-refractivity contribution in [1.29, 1.82) is 0 Å². The van der Waals surface area contributed by atoms with Crippen molar-refractivity contribution in [3.05, 3.63) is 87.1 Å². The normalized spacial score (nSPS) is 10.8. The molecule has 3 aromatic carbocycles. The van der Waals surface area contributed by atoms with E-state index in [1.807, 2.05) is 0 Å². The summed E-state index contributed by atoms with van der Waals surface area (Å²) in [7, 11) is 0. The first-order valence-corrected chi connectivity index (χ1v) is 8.74. The lowest BCUT2D eigenvalue weighted by Crippen LogP contribution is -2.36. The van der Waals surface area contributed by atoms with Crippen LogP contribution in [0.15, 0.2) is 70.6 Å². The summed E-state index contributed by atoms with van der Waals surface area (Å²) in [6.07, 6.45) is 4.55. The van der Waals surface area contributed by atoms with Gasteiger partial charge >= 0.3 is 0 Å². The lowest BCUT2D eigenvalue weighted by atomic mass is 10.1. The van der Waals surface area contributed by atoms with Crippen molar-refractivity contribution in [2.45, 2.75) is 6.54 Å². The lowest BCUT2D eigenvalue weighted by Gasteiger charge is -2.16. The van der Waals surface area contributed by atoms with Crippen molar-refractivity contribution >= 4 is 17.1 Å². The molecule has 0 aliphatic heterocycles. The number of nitrogens with one attached hydrogen (secondary N) is 2. The number of aromatic hydroxyl groups is 2. The fourth-order valence-corrected chi connectivity index (χ4v) is 2.94. The Balaban J connectivity index is 1.57. The summed E-state index contributed by atoms with van der Waals surface area (Å²) in [6.45, 7) is 0.272. The molecule has 4 rings (SSSR count). The highest BCUT2D eigenvalue weighted by atomic mass is 16.3. The Morgan fingerprint density at radius 3 is 2.52 bits per heavy atom. The number of benzene rings is 2. The summed E-state index contributed by atoms with van der Waals surface area (Å²) in [5, 5.41) is 25.5. The number of anilines is 3. The van der Waals surface area contributed by atoms with Crippen molar-refractivity contribution in [2.75, 3.05) is 10.6 Å². The molecule has 0 fully saturated rings. The number of hydrogen-bond donors (Lipinski definition) is 4. The van der Waals surface area contributed by atoms with Gasteiger partial charge in [-0.1, -0.05) is 12.1 Å². The van der Waals surface area contributed by atoms with Crippen LogP contribution in [0, 0.1) is 0 Å². The summed E-state index contributed by atoms with van der Waals surface area (Å²) in [6, 6.07) is 11.3. The van der Waals surface area contributed by atoms with Crippen LogP contribution in [0.25, 0.3) is 11.3 Å². The maximum atomic E-state index is 12.0. The van der Waals surface area contributed by atoms with Crippen molar-refractivity contribution in [2.24, 2.45) is 0 Å². The molecule has 4 aromatic rings. The van der Waals surface area contributed by atoms with Crippen LogP contribution >= 0.6 is 0 Å². The van der Waals surface area contributed by atoms with E-state index < -0.39 is 10.9 Å². The van der Waals surface area contributed by atoms with Gasteiger partial charge in [-0.25, -0.2) is 0 Å². The second-order valence-corrected chi connectivity index (χ2v) is 6.38. The average molecular weight is 388 g/mol. The van der Waals surface area contributed by atoms with Gasteiger partial charge in [-0.05, 0) is 35.9 Å². The zero-order valence-electron chi connectivity index (χ0n) is 15.1. The lowest BCUT2D eigenvalue weighted by molar-refractivity contribution is 0.474. The zero-order valence-corrected chi connectivity index (χ0v) is 15.1. The molecule has 0 amide bonds. The number of aromatic nitrogens is 2. The summed E-state index contributed by atoms with van der Waals surface area (Å²) in [4.78, 5) is 32.2. The van der Waals surface area contributed by atoms with Gasteiger partial charge in [0.2, 0.25) is 0 Å². The molecule has 0 radical (unpaired) electrons. The molecule has 0 saturated carbocycles. The molecule has 0 spiro atoms. The Kier molecular flexibility index (Phi) is 4.66. The maximum Gasteiger partial charge on any atom is 0.253 e. The number of phenolic OH excluding ortho intramolecular Hbond substituents is 2. The van der Waals surface area contributed by atoms with Crippen LogP contribution in [0.2, 0.25) is 0 Å². The van der Waals surface area contributed by atoms with Crippen molar-refractivity contribution in [3.8, 4) is 22.8 Å². The zero-order chi connectivity index (χ0) is 20.4. The maximum absolute atomic E-state index is 12.0. The molecule has 0 atom stereocenters. The van der Waals surface area contributed by atoms with Gasteiger partial charge in [-0.3, -0.25) is 19.6 Å². The number of phenols is 2. The molecule has 4 N–H and O–H groups in total. The summed E-state index contributed by atoms with van der Waals surface area (Å²) in [5.74, 6) is 0.136. The quantitative estimate of drug-likeness (QED) is 0.293. The van der Waals surface area contributed by atoms with Crippen LogP contribution in [-0.2, 0) is 6.54 Å². The largest absolute Gasteiger partial charge is 0.508 e. The Morgan fingerprint density at radius 1 is 0.931 bits per heavy atom. The third kappa shape index (κ3) is 3.63. The first-order valence-electron chi connectivity index (χ1n) is 8.74. The SMILES string of the molecule is O=c1c(NCc2cccc(O)c2)c(Nc2ccc(O)c(-c3cnccn3)c2)c1=O. The molecule has 29 heavy (non-hydrogen) atoms. The Hall–Kier alpha value is -4.20. The standard InChI is InChI=1S/C21H16N4O4/c26-14-3-1-2-12(8-14)10-24-18-19(21(29)20(18)28)25-13-4-5-17(27)15(9-13)16-11-22-6-7-23-16/h1-9,11,24-27H,10H2. The average Bonchev–Trinajstić information content (AvgIpc) is 2.74. The van der Waals surface area contributed by atoms with Crippen LogP contribution in [0.4, 0.5) is 17.1 Å². The summed E-state index contributed by atoms with van der Waals surface area (Å²) in [5.41, 5.74) is 1.27. The summed E-state index contributed by atoms with van der Waals surface area (Å²) < 4.78 is 0. The minimum atomic E-state index is -0.627. The van der Waals surface area contributed by atoms with E-state index in [1.54, 1.807) is 36.4 Å². The molecule has 1 heterocycles. The van der Waals surface area contributed by atoms with Crippen molar-refractivity contribution in [1.82, 2.24) is 9.97 Å². The van der Waals surface area contributed by atoms with Gasteiger partial charge in [0.1, 0.15) is 22.9 Å². The molecule has 0 aliphatic carbocycles. The molecule has 0 bridgehead atoms.